The molecular formula is C17H21NO5. The first-order valence-electron chi connectivity index (χ1n) is 8.11. The van der Waals surface area contributed by atoms with E-state index in [2.05, 4.69) is 0 Å². The number of carbonyl (C=O) groups is 1. The van der Waals surface area contributed by atoms with Crippen molar-refractivity contribution in [2.75, 3.05) is 13.7 Å². The van der Waals surface area contributed by atoms with Crippen molar-refractivity contribution in [2.45, 2.75) is 49.2 Å². The summed E-state index contributed by atoms with van der Waals surface area (Å²) in [5.41, 5.74) is 0.745. The minimum atomic E-state index is -0.672. The standard InChI is InChI=1S/C17H21NO5/c1-18(21)13-7-11(8-14(18)16-15(13)23-16)22-17(20)12(9-19)10-5-3-2-4-6-10/h2-6,11-16,19H,7-9H2,1H3/t11?,12-,13?,14?,15?,16?,18?/m1/s1. The summed E-state index contributed by atoms with van der Waals surface area (Å²) in [4.78, 5) is 12.4. The van der Waals surface area contributed by atoms with Gasteiger partial charge in [0.25, 0.3) is 0 Å². The first kappa shape index (κ1) is 15.1. The fraction of sp³-hybridized carbons (Fsp3) is 0.588. The van der Waals surface area contributed by atoms with E-state index in [1.165, 1.54) is 0 Å². The highest BCUT2D eigenvalue weighted by molar-refractivity contribution is 5.78. The Morgan fingerprint density at radius 1 is 1.35 bits per heavy atom. The normalized spacial score (nSPS) is 42.0. The molecule has 2 bridgehead atoms. The van der Waals surface area contributed by atoms with E-state index in [9.17, 15) is 15.1 Å². The first-order valence-corrected chi connectivity index (χ1v) is 8.11. The lowest BCUT2D eigenvalue weighted by atomic mass is 9.97. The number of morpholine rings is 1. The second kappa shape index (κ2) is 5.27. The molecule has 0 spiro atoms. The van der Waals surface area contributed by atoms with Crippen LogP contribution in [0.3, 0.4) is 0 Å². The highest BCUT2D eigenvalue weighted by Gasteiger charge is 2.69. The largest absolute Gasteiger partial charge is 0.632 e. The van der Waals surface area contributed by atoms with Crippen LogP contribution < -0.4 is 0 Å². The molecule has 0 amide bonds. The summed E-state index contributed by atoms with van der Waals surface area (Å²) in [6, 6.07) is 8.86. The highest BCUT2D eigenvalue weighted by Crippen LogP contribution is 2.52. The number of hydroxylamine groups is 3. The third kappa shape index (κ3) is 2.37. The number of ether oxygens (including phenoxy) is 2. The van der Waals surface area contributed by atoms with Gasteiger partial charge in [0.1, 0.15) is 36.3 Å². The quantitative estimate of drug-likeness (QED) is 0.386. The highest BCUT2D eigenvalue weighted by atomic mass is 16.6. The number of aliphatic hydroxyl groups excluding tert-OH is 1. The number of benzene rings is 1. The number of carbonyl (C=O) groups excluding carboxylic acids is 1. The van der Waals surface area contributed by atoms with Crippen molar-refractivity contribution in [2.24, 2.45) is 0 Å². The van der Waals surface area contributed by atoms with Crippen LogP contribution in [0.15, 0.2) is 30.3 Å². The third-order valence-corrected chi connectivity index (χ3v) is 5.60. The molecule has 4 rings (SSSR count). The Hall–Kier alpha value is -1.47. The average Bonchev–Trinajstić information content (AvgIpc) is 3.27. The Kier molecular flexibility index (Phi) is 3.46. The van der Waals surface area contributed by atoms with Crippen LogP contribution in [0.25, 0.3) is 0 Å². The molecule has 23 heavy (non-hydrogen) atoms. The van der Waals surface area contributed by atoms with E-state index < -0.39 is 11.9 Å². The maximum absolute atomic E-state index is 12.6. The third-order valence-electron chi connectivity index (χ3n) is 5.60. The summed E-state index contributed by atoms with van der Waals surface area (Å²) >= 11 is 0. The summed E-state index contributed by atoms with van der Waals surface area (Å²) in [5, 5.41) is 22.2. The molecular weight excluding hydrogens is 298 g/mol. The van der Waals surface area contributed by atoms with E-state index in [-0.39, 0.29) is 41.6 Å². The molecule has 1 aromatic rings. The summed E-state index contributed by atoms with van der Waals surface area (Å²) in [7, 11) is 1.70. The van der Waals surface area contributed by atoms with Gasteiger partial charge in [0.15, 0.2) is 0 Å². The van der Waals surface area contributed by atoms with Gasteiger partial charge in [-0.3, -0.25) is 4.79 Å². The second-order valence-corrected chi connectivity index (χ2v) is 6.94. The van der Waals surface area contributed by atoms with Gasteiger partial charge in [-0.25, -0.2) is 0 Å². The summed E-state index contributed by atoms with van der Waals surface area (Å²) in [6.45, 7) is -0.286. The van der Waals surface area contributed by atoms with E-state index >= 15 is 0 Å². The van der Waals surface area contributed by atoms with Crippen LogP contribution in [0.2, 0.25) is 0 Å². The van der Waals surface area contributed by atoms with Crippen LogP contribution in [0.5, 0.6) is 0 Å². The van der Waals surface area contributed by atoms with Gasteiger partial charge in [0.2, 0.25) is 0 Å². The average molecular weight is 319 g/mol. The van der Waals surface area contributed by atoms with Crippen molar-refractivity contribution in [3.05, 3.63) is 41.1 Å². The molecule has 3 aliphatic heterocycles. The maximum atomic E-state index is 12.6. The summed E-state index contributed by atoms with van der Waals surface area (Å²) in [5.74, 6) is -1.09. The lowest BCUT2D eigenvalue weighted by Crippen LogP contribution is -2.58. The summed E-state index contributed by atoms with van der Waals surface area (Å²) in [6.07, 6.45) is 0.891. The van der Waals surface area contributed by atoms with Gasteiger partial charge in [-0.1, -0.05) is 30.3 Å². The van der Waals surface area contributed by atoms with Gasteiger partial charge in [-0.2, -0.15) is 0 Å². The van der Waals surface area contributed by atoms with Crippen LogP contribution >= 0.6 is 0 Å². The SMILES string of the molecule is C[N+]1([O-])C2CC(OC(=O)[C@H](CO)c3ccccc3)CC1C1OC12. The Balaban J connectivity index is 1.44. The minimum Gasteiger partial charge on any atom is -0.632 e. The van der Waals surface area contributed by atoms with E-state index in [1.54, 1.807) is 19.2 Å². The molecule has 3 aliphatic rings. The Bertz CT molecular complexity index is 584. The number of fused-ring (bicyclic) bond motifs is 5. The molecule has 1 aromatic carbocycles. The van der Waals surface area contributed by atoms with Gasteiger partial charge in [0.05, 0.1) is 13.7 Å². The topological polar surface area (TPSA) is 82.1 Å². The molecule has 0 aromatic heterocycles. The molecule has 3 saturated heterocycles. The zero-order valence-corrected chi connectivity index (χ0v) is 13.0. The predicted molar refractivity (Wildman–Crippen MR) is 81.2 cm³/mol. The number of rotatable bonds is 4. The van der Waals surface area contributed by atoms with Crippen LogP contribution in [0, 0.1) is 5.21 Å². The van der Waals surface area contributed by atoms with Crippen LogP contribution in [-0.4, -0.2) is 59.8 Å². The number of hydrogen-bond acceptors (Lipinski definition) is 5. The van der Waals surface area contributed by atoms with E-state index in [0.29, 0.717) is 12.8 Å². The molecule has 3 fully saturated rings. The monoisotopic (exact) mass is 319 g/mol. The van der Waals surface area contributed by atoms with Gasteiger partial charge in [-0.05, 0) is 5.56 Å². The molecule has 0 saturated carbocycles. The fourth-order valence-electron chi connectivity index (χ4n) is 4.25. The van der Waals surface area contributed by atoms with Crippen molar-refractivity contribution >= 4 is 5.97 Å². The molecule has 6 nitrogen and oxygen atoms in total. The lowest BCUT2D eigenvalue weighted by molar-refractivity contribution is -0.911. The Morgan fingerprint density at radius 3 is 2.52 bits per heavy atom. The molecule has 4 unspecified atom stereocenters. The van der Waals surface area contributed by atoms with Crippen LogP contribution in [0.4, 0.5) is 0 Å². The molecule has 124 valence electrons. The predicted octanol–water partition coefficient (Wildman–Crippen LogP) is 0.931. The van der Waals surface area contributed by atoms with E-state index in [0.717, 1.165) is 5.56 Å². The number of aliphatic hydroxyl groups is 1. The number of likely N-dealkylation sites (N-methyl/N-ethyl adjacent to an activating group) is 1. The molecule has 1 N–H and O–H groups in total. The lowest BCUT2D eigenvalue weighted by Gasteiger charge is -2.51. The van der Waals surface area contributed by atoms with Gasteiger partial charge in [-0.15, -0.1) is 0 Å². The van der Waals surface area contributed by atoms with Crippen molar-refractivity contribution in [1.29, 1.82) is 0 Å². The number of nitrogens with zero attached hydrogens (tertiary/aromatic N) is 1. The molecule has 5 atom stereocenters. The number of piperidine rings is 1. The molecule has 0 aliphatic carbocycles. The van der Waals surface area contributed by atoms with Crippen molar-refractivity contribution in [3.8, 4) is 0 Å². The minimum absolute atomic E-state index is 0.0361. The van der Waals surface area contributed by atoms with Crippen LogP contribution in [0.1, 0.15) is 24.3 Å². The van der Waals surface area contributed by atoms with Crippen molar-refractivity contribution < 1.29 is 24.0 Å². The van der Waals surface area contributed by atoms with E-state index in [1.807, 2.05) is 18.2 Å². The van der Waals surface area contributed by atoms with Crippen molar-refractivity contribution in [1.82, 2.24) is 0 Å². The smallest absolute Gasteiger partial charge is 0.316 e. The summed E-state index contributed by atoms with van der Waals surface area (Å²) < 4.78 is 10.9. The number of quaternary nitrogens is 1. The van der Waals surface area contributed by atoms with Gasteiger partial charge >= 0.3 is 5.97 Å². The molecule has 3 heterocycles. The van der Waals surface area contributed by atoms with Crippen molar-refractivity contribution in [3.63, 3.8) is 0 Å². The fourth-order valence-corrected chi connectivity index (χ4v) is 4.25. The zero-order valence-electron chi connectivity index (χ0n) is 13.0. The Morgan fingerprint density at radius 2 is 1.96 bits per heavy atom. The van der Waals surface area contributed by atoms with Crippen LogP contribution in [-0.2, 0) is 14.3 Å². The van der Waals surface area contributed by atoms with Gasteiger partial charge in [0, 0.05) is 12.8 Å². The zero-order chi connectivity index (χ0) is 16.2. The number of esters is 1. The second-order valence-electron chi connectivity index (χ2n) is 6.94. The number of epoxide rings is 1. The number of hydrogen-bond donors (Lipinski definition) is 1. The van der Waals surface area contributed by atoms with E-state index in [4.69, 9.17) is 9.47 Å². The van der Waals surface area contributed by atoms with Gasteiger partial charge < -0.3 is 24.4 Å². The maximum Gasteiger partial charge on any atom is 0.316 e. The Labute approximate surface area is 134 Å². The molecule has 0 radical (unpaired) electrons. The molecule has 6 heteroatoms. The first-order chi connectivity index (χ1) is 11.0.